The molecule has 2 aromatic carbocycles. The summed E-state index contributed by atoms with van der Waals surface area (Å²) in [5, 5.41) is 25.1. The zero-order valence-electron chi connectivity index (χ0n) is 20.1. The highest BCUT2D eigenvalue weighted by atomic mass is 16.6. The molecule has 7 rings (SSSR count). The van der Waals surface area contributed by atoms with Crippen LogP contribution in [0.3, 0.4) is 0 Å². The molecule has 2 atom stereocenters. The largest absolute Gasteiger partial charge is 0.448 e. The Kier molecular flexibility index (Phi) is 4.85. The van der Waals surface area contributed by atoms with Crippen molar-refractivity contribution in [2.45, 2.75) is 49.3 Å². The molecule has 184 valence electrons. The van der Waals surface area contributed by atoms with E-state index in [9.17, 15) is 15.2 Å². The number of aromatic nitrogens is 3. The van der Waals surface area contributed by atoms with E-state index in [-0.39, 0.29) is 30.7 Å². The number of hydrogen-bond acceptors (Lipinski definition) is 6. The number of fused-ring (bicyclic) bond motifs is 6. The van der Waals surface area contributed by atoms with Crippen LogP contribution < -0.4 is 0 Å². The summed E-state index contributed by atoms with van der Waals surface area (Å²) < 4.78 is 7.49. The molecule has 2 bridgehead atoms. The average Bonchev–Trinajstić information content (AvgIpc) is 3.57. The van der Waals surface area contributed by atoms with Gasteiger partial charge in [0.25, 0.3) is 0 Å². The summed E-state index contributed by atoms with van der Waals surface area (Å²) in [6, 6.07) is 18.5. The maximum atomic E-state index is 13.4. The Balaban J connectivity index is 1.09. The summed E-state index contributed by atoms with van der Waals surface area (Å²) in [4.78, 5) is 19.6. The molecule has 2 aliphatic heterocycles. The third kappa shape index (κ3) is 3.35. The maximum Gasteiger partial charge on any atom is 0.410 e. The molecule has 4 aromatic rings. The number of piperidine rings is 1. The lowest BCUT2D eigenvalue weighted by atomic mass is 9.82. The van der Waals surface area contributed by atoms with Crippen molar-refractivity contribution >= 4 is 11.7 Å². The number of carbonyl (C=O) groups excluding carboxylic acids is 1. The minimum absolute atomic E-state index is 0.0147. The Labute approximate surface area is 213 Å². The van der Waals surface area contributed by atoms with Crippen LogP contribution in [-0.2, 0) is 10.3 Å². The van der Waals surface area contributed by atoms with Crippen molar-refractivity contribution in [1.29, 1.82) is 5.26 Å². The number of rotatable bonds is 3. The molecule has 8 heteroatoms. The predicted octanol–water partition coefficient (Wildman–Crippen LogP) is 4.36. The Bertz CT molecular complexity index is 1530. The van der Waals surface area contributed by atoms with Crippen LogP contribution in [0.5, 0.6) is 0 Å². The van der Waals surface area contributed by atoms with Gasteiger partial charge in [0.2, 0.25) is 0 Å². The molecule has 8 nitrogen and oxygen atoms in total. The Morgan fingerprint density at radius 3 is 2.35 bits per heavy atom. The van der Waals surface area contributed by atoms with Gasteiger partial charge in [-0.2, -0.15) is 10.4 Å². The fourth-order valence-corrected chi connectivity index (χ4v) is 6.62. The van der Waals surface area contributed by atoms with Gasteiger partial charge >= 0.3 is 6.09 Å². The summed E-state index contributed by atoms with van der Waals surface area (Å²) in [6.07, 6.45) is 7.00. The van der Waals surface area contributed by atoms with Gasteiger partial charge in [-0.1, -0.05) is 48.5 Å². The van der Waals surface area contributed by atoms with E-state index in [1.165, 1.54) is 33.0 Å². The first-order valence-electron chi connectivity index (χ1n) is 12.7. The van der Waals surface area contributed by atoms with E-state index in [1.54, 1.807) is 12.4 Å². The average molecular weight is 492 g/mol. The number of aliphatic hydroxyl groups is 1. The van der Waals surface area contributed by atoms with Crippen molar-refractivity contribution in [1.82, 2.24) is 19.5 Å². The van der Waals surface area contributed by atoms with E-state index in [0.29, 0.717) is 29.6 Å². The fourth-order valence-electron chi connectivity index (χ4n) is 6.62. The van der Waals surface area contributed by atoms with E-state index in [4.69, 9.17) is 4.74 Å². The van der Waals surface area contributed by atoms with E-state index in [2.05, 4.69) is 40.4 Å². The van der Waals surface area contributed by atoms with Gasteiger partial charge in [-0.05, 0) is 35.1 Å². The van der Waals surface area contributed by atoms with Crippen molar-refractivity contribution in [2.24, 2.45) is 0 Å². The second-order valence-electron chi connectivity index (χ2n) is 10.3. The summed E-state index contributed by atoms with van der Waals surface area (Å²) in [7, 11) is 0. The van der Waals surface area contributed by atoms with Gasteiger partial charge in [-0.25, -0.2) is 14.3 Å². The van der Waals surface area contributed by atoms with Crippen molar-refractivity contribution in [3.8, 4) is 17.2 Å². The van der Waals surface area contributed by atoms with Gasteiger partial charge in [-0.3, -0.25) is 0 Å². The molecule has 1 amide bonds. The van der Waals surface area contributed by atoms with Crippen LogP contribution >= 0.6 is 0 Å². The first kappa shape index (κ1) is 22.0. The molecule has 2 saturated heterocycles. The Morgan fingerprint density at radius 1 is 1.05 bits per heavy atom. The zero-order chi connectivity index (χ0) is 25.1. The summed E-state index contributed by atoms with van der Waals surface area (Å²) in [6.45, 7) is 0.286. The van der Waals surface area contributed by atoms with Crippen LogP contribution in [0.15, 0.2) is 67.1 Å². The Morgan fingerprint density at radius 2 is 1.70 bits per heavy atom. The smallest absolute Gasteiger partial charge is 0.410 e. The van der Waals surface area contributed by atoms with Crippen LogP contribution in [0.25, 0.3) is 16.8 Å². The highest BCUT2D eigenvalue weighted by Gasteiger charge is 2.51. The number of hydrogen-bond donors (Lipinski definition) is 1. The van der Waals surface area contributed by atoms with Crippen molar-refractivity contribution < 1.29 is 14.6 Å². The molecule has 3 aliphatic rings. The summed E-state index contributed by atoms with van der Waals surface area (Å²) in [5.74, 6) is 0.0147. The highest BCUT2D eigenvalue weighted by Crippen LogP contribution is 2.47. The molecule has 1 aliphatic carbocycles. The molecule has 37 heavy (non-hydrogen) atoms. The molecule has 4 heterocycles. The molecule has 0 saturated carbocycles. The fraction of sp³-hybridized carbons (Fsp3) is 0.310. The second-order valence-corrected chi connectivity index (χ2v) is 10.3. The van der Waals surface area contributed by atoms with Gasteiger partial charge in [0, 0.05) is 48.8 Å². The zero-order valence-corrected chi connectivity index (χ0v) is 20.1. The molecule has 2 aromatic heterocycles. The minimum atomic E-state index is -1.12. The van der Waals surface area contributed by atoms with E-state index >= 15 is 0 Å². The minimum Gasteiger partial charge on any atom is -0.448 e. The topological polar surface area (TPSA) is 104 Å². The Hall–Kier alpha value is -4.22. The molecular formula is C29H25N5O3. The number of carbonyl (C=O) groups is 1. The van der Waals surface area contributed by atoms with Gasteiger partial charge in [-0.15, -0.1) is 0 Å². The number of amides is 1. The van der Waals surface area contributed by atoms with E-state index in [0.717, 1.165) is 12.8 Å². The third-order valence-electron chi connectivity index (χ3n) is 8.33. The number of nitriles is 1. The molecule has 1 N–H and O–H groups in total. The lowest BCUT2D eigenvalue weighted by molar-refractivity contribution is -0.0536. The SMILES string of the molecule is N#Cc1cnn2cc(C3(O)CC4CCC(C3)N4C(=O)OCC3c4ccccc4-c4ccccc43)cnc12. The van der Waals surface area contributed by atoms with Crippen molar-refractivity contribution in [2.75, 3.05) is 6.61 Å². The van der Waals surface area contributed by atoms with Gasteiger partial charge < -0.3 is 14.7 Å². The number of benzene rings is 2. The van der Waals surface area contributed by atoms with Gasteiger partial charge in [0.15, 0.2) is 5.65 Å². The third-order valence-corrected chi connectivity index (χ3v) is 8.33. The van der Waals surface area contributed by atoms with E-state index in [1.807, 2.05) is 29.2 Å². The van der Waals surface area contributed by atoms with Crippen LogP contribution in [0.4, 0.5) is 4.79 Å². The first-order chi connectivity index (χ1) is 18.1. The molecule has 0 radical (unpaired) electrons. The lowest BCUT2D eigenvalue weighted by Crippen LogP contribution is -2.52. The van der Waals surface area contributed by atoms with Crippen LogP contribution in [0.2, 0.25) is 0 Å². The lowest BCUT2D eigenvalue weighted by Gasteiger charge is -2.43. The molecular weight excluding hydrogens is 466 g/mol. The molecule has 2 unspecified atom stereocenters. The maximum absolute atomic E-state index is 13.4. The normalized spacial score (nSPS) is 24.1. The number of ether oxygens (including phenoxy) is 1. The van der Waals surface area contributed by atoms with Crippen LogP contribution in [0.1, 0.15) is 53.9 Å². The van der Waals surface area contributed by atoms with Crippen molar-refractivity contribution in [3.63, 3.8) is 0 Å². The second kappa shape index (κ2) is 8.15. The molecule has 0 spiro atoms. The monoisotopic (exact) mass is 491 g/mol. The van der Waals surface area contributed by atoms with E-state index < -0.39 is 5.60 Å². The predicted molar refractivity (Wildman–Crippen MR) is 135 cm³/mol. The van der Waals surface area contributed by atoms with Crippen LogP contribution in [0, 0.1) is 11.3 Å². The number of nitrogens with zero attached hydrogens (tertiary/aromatic N) is 5. The molecule has 2 fully saturated rings. The van der Waals surface area contributed by atoms with Crippen LogP contribution in [-0.4, -0.2) is 49.4 Å². The van der Waals surface area contributed by atoms with Crippen molar-refractivity contribution in [3.05, 3.63) is 89.4 Å². The summed E-state index contributed by atoms with van der Waals surface area (Å²) >= 11 is 0. The highest BCUT2D eigenvalue weighted by molar-refractivity contribution is 5.79. The van der Waals surface area contributed by atoms with Gasteiger partial charge in [0.1, 0.15) is 18.2 Å². The standard InChI is InChI=1S/C29H25N5O3/c30-13-18-14-32-33-16-19(15-31-27(18)33)29(36)11-20-9-10-21(12-29)34(20)28(35)37-17-26-24-7-3-1-5-22(24)23-6-2-4-8-25(23)26/h1-8,14-16,20-21,26,36H,9-12,17H2. The summed E-state index contributed by atoms with van der Waals surface area (Å²) in [5.41, 5.74) is 5.17. The first-order valence-corrected chi connectivity index (χ1v) is 12.7. The quantitative estimate of drug-likeness (QED) is 0.457. The van der Waals surface area contributed by atoms with Gasteiger partial charge in [0.05, 0.1) is 11.8 Å².